The lowest BCUT2D eigenvalue weighted by Gasteiger charge is -2.30. The van der Waals surface area contributed by atoms with Crippen molar-refractivity contribution in [3.63, 3.8) is 0 Å². The molecular weight excluding hydrogens is 332 g/mol. The number of amides is 1. The van der Waals surface area contributed by atoms with Gasteiger partial charge in [-0.1, -0.05) is 18.2 Å². The molecule has 0 unspecified atom stereocenters. The Balaban J connectivity index is 1.26. The molecule has 2 aliphatic rings. The van der Waals surface area contributed by atoms with Gasteiger partial charge in [0.1, 0.15) is 10.0 Å². The summed E-state index contributed by atoms with van der Waals surface area (Å²) in [6.45, 7) is 4.37. The van der Waals surface area contributed by atoms with Crippen molar-refractivity contribution < 1.29 is 4.79 Å². The molecule has 1 aromatic heterocycles. The SMILES string of the molecule is Cc1ccccc1NC(=O)CN1CCC(c2nnc(C3CC3)s2)CC1. The maximum absolute atomic E-state index is 12.3. The molecule has 1 aliphatic carbocycles. The Kier molecular flexibility index (Phi) is 4.81. The first-order valence-corrected chi connectivity index (χ1v) is 9.92. The molecule has 2 aromatic rings. The highest BCUT2D eigenvalue weighted by Crippen LogP contribution is 2.43. The molecule has 1 saturated heterocycles. The van der Waals surface area contributed by atoms with Gasteiger partial charge in [-0.2, -0.15) is 0 Å². The summed E-state index contributed by atoms with van der Waals surface area (Å²) in [7, 11) is 0. The third-order valence-corrected chi connectivity index (χ3v) is 6.35. The van der Waals surface area contributed by atoms with Gasteiger partial charge in [-0.25, -0.2) is 0 Å². The number of anilines is 1. The number of aromatic nitrogens is 2. The van der Waals surface area contributed by atoms with Gasteiger partial charge in [0.2, 0.25) is 5.91 Å². The van der Waals surface area contributed by atoms with Gasteiger partial charge in [-0.05, 0) is 57.3 Å². The highest BCUT2D eigenvalue weighted by atomic mass is 32.1. The van der Waals surface area contributed by atoms with Crippen molar-refractivity contribution in [3.8, 4) is 0 Å². The van der Waals surface area contributed by atoms with Gasteiger partial charge >= 0.3 is 0 Å². The molecule has 25 heavy (non-hydrogen) atoms. The van der Waals surface area contributed by atoms with E-state index in [0.29, 0.717) is 18.4 Å². The number of rotatable bonds is 5. The molecule has 1 saturated carbocycles. The second-order valence-corrected chi connectivity index (χ2v) is 8.21. The average Bonchev–Trinajstić information content (AvgIpc) is 3.35. The number of carbonyl (C=O) groups is 1. The van der Waals surface area contributed by atoms with Gasteiger partial charge in [-0.15, -0.1) is 21.5 Å². The molecule has 5 nitrogen and oxygen atoms in total. The lowest BCUT2D eigenvalue weighted by Crippen LogP contribution is -2.38. The highest BCUT2D eigenvalue weighted by molar-refractivity contribution is 7.11. The van der Waals surface area contributed by atoms with Gasteiger partial charge in [0.25, 0.3) is 0 Å². The number of aryl methyl sites for hydroxylation is 1. The minimum absolute atomic E-state index is 0.0692. The van der Waals surface area contributed by atoms with Crippen LogP contribution in [0.15, 0.2) is 24.3 Å². The molecule has 4 rings (SSSR count). The maximum Gasteiger partial charge on any atom is 0.238 e. The molecular formula is C19H24N4OS. The molecule has 0 spiro atoms. The van der Waals surface area contributed by atoms with Crippen molar-refractivity contribution in [2.45, 2.75) is 44.4 Å². The van der Waals surface area contributed by atoms with Crippen LogP contribution in [0, 0.1) is 6.92 Å². The molecule has 0 atom stereocenters. The second-order valence-electron chi connectivity index (χ2n) is 7.17. The Morgan fingerprint density at radius 2 is 1.76 bits per heavy atom. The summed E-state index contributed by atoms with van der Waals surface area (Å²) in [4.78, 5) is 14.5. The fraction of sp³-hybridized carbons (Fsp3) is 0.526. The van der Waals surface area contributed by atoms with Crippen molar-refractivity contribution in [3.05, 3.63) is 39.8 Å². The fourth-order valence-electron chi connectivity index (χ4n) is 3.35. The van der Waals surface area contributed by atoms with E-state index in [1.165, 1.54) is 22.9 Å². The third-order valence-electron chi connectivity index (χ3n) is 5.11. The summed E-state index contributed by atoms with van der Waals surface area (Å²) in [5.74, 6) is 1.27. The van der Waals surface area contributed by atoms with Gasteiger partial charge in [-0.3, -0.25) is 9.69 Å². The Morgan fingerprint density at radius 1 is 1.12 bits per heavy atom. The zero-order valence-corrected chi connectivity index (χ0v) is 15.4. The number of hydrogen-bond acceptors (Lipinski definition) is 5. The number of para-hydroxylation sites is 1. The lowest BCUT2D eigenvalue weighted by atomic mass is 9.98. The average molecular weight is 356 g/mol. The highest BCUT2D eigenvalue weighted by Gasteiger charge is 2.30. The van der Waals surface area contributed by atoms with E-state index >= 15 is 0 Å². The molecule has 2 heterocycles. The van der Waals surface area contributed by atoms with Crippen LogP contribution in [-0.4, -0.2) is 40.6 Å². The third kappa shape index (κ3) is 4.07. The van der Waals surface area contributed by atoms with E-state index in [-0.39, 0.29) is 5.91 Å². The van der Waals surface area contributed by atoms with Gasteiger partial charge in [0.05, 0.1) is 6.54 Å². The van der Waals surface area contributed by atoms with E-state index in [4.69, 9.17) is 0 Å². The number of hydrogen-bond donors (Lipinski definition) is 1. The Labute approximate surface area is 152 Å². The number of nitrogens with one attached hydrogen (secondary N) is 1. The number of benzene rings is 1. The predicted molar refractivity (Wildman–Crippen MR) is 100 cm³/mol. The van der Waals surface area contributed by atoms with Crippen molar-refractivity contribution >= 4 is 22.9 Å². The minimum atomic E-state index is 0.0692. The van der Waals surface area contributed by atoms with Crippen LogP contribution in [0.2, 0.25) is 0 Å². The summed E-state index contributed by atoms with van der Waals surface area (Å²) in [6.07, 6.45) is 4.69. The summed E-state index contributed by atoms with van der Waals surface area (Å²) >= 11 is 1.81. The number of likely N-dealkylation sites (tertiary alicyclic amines) is 1. The van der Waals surface area contributed by atoms with Crippen molar-refractivity contribution in [2.75, 3.05) is 25.0 Å². The predicted octanol–water partition coefficient (Wildman–Crippen LogP) is 3.54. The number of carbonyl (C=O) groups excluding carboxylic acids is 1. The largest absolute Gasteiger partial charge is 0.325 e. The molecule has 1 aromatic carbocycles. The normalized spacial score (nSPS) is 19.1. The second kappa shape index (κ2) is 7.22. The van der Waals surface area contributed by atoms with Gasteiger partial charge in [0, 0.05) is 17.5 Å². The molecule has 1 amide bonds. The van der Waals surface area contributed by atoms with Crippen molar-refractivity contribution in [1.29, 1.82) is 0 Å². The molecule has 1 N–H and O–H groups in total. The lowest BCUT2D eigenvalue weighted by molar-refractivity contribution is -0.117. The van der Waals surface area contributed by atoms with Gasteiger partial charge in [0.15, 0.2) is 0 Å². The van der Waals surface area contributed by atoms with Crippen molar-refractivity contribution in [2.24, 2.45) is 0 Å². The first kappa shape index (κ1) is 16.7. The molecule has 6 heteroatoms. The van der Waals surface area contributed by atoms with E-state index in [0.717, 1.165) is 37.2 Å². The van der Waals surface area contributed by atoms with Crippen LogP contribution in [0.25, 0.3) is 0 Å². The van der Waals surface area contributed by atoms with E-state index in [9.17, 15) is 4.79 Å². The van der Waals surface area contributed by atoms with Crippen LogP contribution in [0.5, 0.6) is 0 Å². The quantitative estimate of drug-likeness (QED) is 0.890. The molecule has 132 valence electrons. The van der Waals surface area contributed by atoms with E-state index in [2.05, 4.69) is 20.4 Å². The minimum Gasteiger partial charge on any atom is -0.325 e. The molecule has 2 fully saturated rings. The van der Waals surface area contributed by atoms with Gasteiger partial charge < -0.3 is 5.32 Å². The Hall–Kier alpha value is -1.79. The Bertz CT molecular complexity index is 747. The van der Waals surface area contributed by atoms with Crippen LogP contribution in [-0.2, 0) is 4.79 Å². The van der Waals surface area contributed by atoms with E-state index in [1.54, 1.807) is 0 Å². The fourth-order valence-corrected chi connectivity index (χ4v) is 4.53. The van der Waals surface area contributed by atoms with E-state index < -0.39 is 0 Å². The topological polar surface area (TPSA) is 58.1 Å². The van der Waals surface area contributed by atoms with Crippen LogP contribution in [0.3, 0.4) is 0 Å². The number of nitrogens with zero attached hydrogens (tertiary/aromatic N) is 3. The van der Waals surface area contributed by atoms with Crippen LogP contribution < -0.4 is 5.32 Å². The van der Waals surface area contributed by atoms with E-state index in [1.807, 2.05) is 42.5 Å². The first-order chi connectivity index (χ1) is 12.2. The van der Waals surface area contributed by atoms with Crippen molar-refractivity contribution in [1.82, 2.24) is 15.1 Å². The monoisotopic (exact) mass is 356 g/mol. The summed E-state index contributed by atoms with van der Waals surface area (Å²) in [5.41, 5.74) is 2.00. The maximum atomic E-state index is 12.3. The summed E-state index contributed by atoms with van der Waals surface area (Å²) in [6, 6.07) is 7.90. The summed E-state index contributed by atoms with van der Waals surface area (Å²) in [5, 5.41) is 14.2. The zero-order valence-electron chi connectivity index (χ0n) is 14.6. The molecule has 0 radical (unpaired) electrons. The molecule has 1 aliphatic heterocycles. The standard InChI is InChI=1S/C19H24N4OS/c1-13-4-2-3-5-16(13)20-17(24)12-23-10-8-15(9-11-23)19-22-21-18(25-19)14-6-7-14/h2-5,14-15H,6-12H2,1H3,(H,20,24). The smallest absolute Gasteiger partial charge is 0.238 e. The zero-order chi connectivity index (χ0) is 17.2. The first-order valence-electron chi connectivity index (χ1n) is 9.10. The van der Waals surface area contributed by atoms with Crippen LogP contribution >= 0.6 is 11.3 Å². The van der Waals surface area contributed by atoms with Crippen LogP contribution in [0.1, 0.15) is 53.1 Å². The molecule has 0 bridgehead atoms. The number of piperidine rings is 1. The van der Waals surface area contributed by atoms with Crippen LogP contribution in [0.4, 0.5) is 5.69 Å². The summed E-state index contributed by atoms with van der Waals surface area (Å²) < 4.78 is 0. The Morgan fingerprint density at radius 3 is 2.40 bits per heavy atom.